The number of hydrogen-bond donors (Lipinski definition) is 1. The van der Waals surface area contributed by atoms with Crippen LogP contribution in [0.5, 0.6) is 0 Å². The first-order valence-electron chi connectivity index (χ1n) is 14.9. The summed E-state index contributed by atoms with van der Waals surface area (Å²) in [6.07, 6.45) is 23.5. The fourth-order valence-corrected chi connectivity index (χ4v) is 5.83. The van der Waals surface area contributed by atoms with Crippen molar-refractivity contribution in [1.29, 1.82) is 0 Å². The number of hydrogen-bond acceptors (Lipinski definition) is 3. The molecule has 0 radical (unpaired) electrons. The first-order chi connectivity index (χ1) is 16.6. The summed E-state index contributed by atoms with van der Waals surface area (Å²) in [7, 11) is 2.40. The molecule has 2 atom stereocenters. The highest BCUT2D eigenvalue weighted by Crippen LogP contribution is 2.42. The number of rotatable bonds is 26. The molecule has 0 saturated carbocycles. The van der Waals surface area contributed by atoms with Gasteiger partial charge in [0, 0.05) is 12.8 Å². The Hall–Kier alpha value is -0.220. The van der Waals surface area contributed by atoms with Crippen molar-refractivity contribution >= 4 is 13.4 Å². The maximum Gasteiger partial charge on any atom is 0.333 e. The number of ketones is 1. The molecule has 0 aromatic rings. The molecule has 0 rings (SSSR count). The van der Waals surface area contributed by atoms with E-state index in [1.54, 1.807) is 0 Å². The number of Topliss-reactive ketones (excluding diaryl/α,β-unsaturated/α-hetero) is 1. The molecule has 0 spiro atoms. The van der Waals surface area contributed by atoms with Gasteiger partial charge in [-0.15, -0.1) is 0 Å². The van der Waals surface area contributed by atoms with E-state index in [1.165, 1.54) is 96.3 Å². The van der Waals surface area contributed by atoms with Crippen molar-refractivity contribution in [3.8, 4) is 0 Å². The van der Waals surface area contributed by atoms with E-state index in [2.05, 4.69) is 6.92 Å². The van der Waals surface area contributed by atoms with Crippen molar-refractivity contribution < 1.29 is 23.3 Å². The van der Waals surface area contributed by atoms with Crippen LogP contribution in [0.2, 0.25) is 0 Å². The van der Waals surface area contributed by atoms with Crippen molar-refractivity contribution in [3.05, 3.63) is 0 Å². The standard InChI is InChI=1S/C29H60NO4P/c1-6-8-9-10-11-12-13-14-15-16-17-18-19-20-21-22-23-28(26-29(31)7-2)27-34-35(32,33)25-24-30(3,4)5/h28H,6-27H2,1-5H3/p+1. The van der Waals surface area contributed by atoms with Crippen molar-refractivity contribution in [1.82, 2.24) is 0 Å². The molecule has 0 heterocycles. The third-order valence-corrected chi connectivity index (χ3v) is 8.26. The average Bonchev–Trinajstić information content (AvgIpc) is 2.80. The van der Waals surface area contributed by atoms with Gasteiger partial charge in [0.2, 0.25) is 0 Å². The van der Waals surface area contributed by atoms with E-state index >= 15 is 0 Å². The van der Waals surface area contributed by atoms with E-state index in [-0.39, 0.29) is 24.5 Å². The Morgan fingerprint density at radius 3 is 1.60 bits per heavy atom. The lowest BCUT2D eigenvalue weighted by Crippen LogP contribution is -2.37. The molecule has 6 heteroatoms. The van der Waals surface area contributed by atoms with Gasteiger partial charge in [-0.3, -0.25) is 9.36 Å². The number of carbonyl (C=O) groups excluding carboxylic acids is 1. The van der Waals surface area contributed by atoms with Gasteiger partial charge in [-0.05, 0) is 12.3 Å². The second-order valence-electron chi connectivity index (χ2n) is 11.7. The van der Waals surface area contributed by atoms with Crippen LogP contribution in [0.3, 0.4) is 0 Å². The zero-order valence-electron chi connectivity index (χ0n) is 24.2. The van der Waals surface area contributed by atoms with Crippen molar-refractivity contribution in [2.75, 3.05) is 40.5 Å². The topological polar surface area (TPSA) is 63.6 Å². The summed E-state index contributed by atoms with van der Waals surface area (Å²) < 4.78 is 18.5. The predicted molar refractivity (Wildman–Crippen MR) is 151 cm³/mol. The number of carbonyl (C=O) groups is 1. The van der Waals surface area contributed by atoms with E-state index < -0.39 is 7.60 Å². The Kier molecular flexibility index (Phi) is 21.7. The van der Waals surface area contributed by atoms with Gasteiger partial charge in [0.1, 0.15) is 5.78 Å². The third-order valence-electron chi connectivity index (χ3n) is 6.94. The van der Waals surface area contributed by atoms with Crippen LogP contribution in [0.25, 0.3) is 0 Å². The maximum atomic E-state index is 12.4. The summed E-state index contributed by atoms with van der Waals surface area (Å²) in [6, 6.07) is 0. The number of unbranched alkanes of at least 4 members (excludes halogenated alkanes) is 15. The van der Waals surface area contributed by atoms with Crippen LogP contribution >= 0.6 is 7.60 Å². The van der Waals surface area contributed by atoms with Gasteiger partial charge in [0.15, 0.2) is 0 Å². The largest absolute Gasteiger partial charge is 0.333 e. The highest BCUT2D eigenvalue weighted by atomic mass is 31.2. The Bertz CT molecular complexity index is 547. The monoisotopic (exact) mass is 518 g/mol. The molecule has 5 nitrogen and oxygen atoms in total. The zero-order chi connectivity index (χ0) is 26.4. The summed E-state index contributed by atoms with van der Waals surface area (Å²) in [5.74, 6) is 0.271. The molecule has 0 amide bonds. The van der Waals surface area contributed by atoms with Crippen LogP contribution in [0, 0.1) is 5.92 Å². The molecule has 0 aliphatic heterocycles. The lowest BCUT2D eigenvalue weighted by Gasteiger charge is -2.25. The van der Waals surface area contributed by atoms with E-state index in [9.17, 15) is 14.3 Å². The Labute approximate surface area is 218 Å². The third kappa shape index (κ3) is 25.2. The highest BCUT2D eigenvalue weighted by Gasteiger charge is 2.25. The Balaban J connectivity index is 3.86. The van der Waals surface area contributed by atoms with Gasteiger partial charge in [-0.1, -0.05) is 117 Å². The molecular weight excluding hydrogens is 457 g/mol. The number of quaternary nitrogens is 1. The molecule has 35 heavy (non-hydrogen) atoms. The van der Waals surface area contributed by atoms with Gasteiger partial charge >= 0.3 is 7.60 Å². The van der Waals surface area contributed by atoms with E-state index in [4.69, 9.17) is 4.52 Å². The van der Waals surface area contributed by atoms with Gasteiger partial charge in [0.05, 0.1) is 40.5 Å². The van der Waals surface area contributed by atoms with Crippen LogP contribution < -0.4 is 0 Å². The Morgan fingerprint density at radius 1 is 0.771 bits per heavy atom. The molecule has 2 unspecified atom stereocenters. The molecular formula is C29H61NO4P+. The van der Waals surface area contributed by atoms with Crippen LogP contribution in [-0.4, -0.2) is 55.6 Å². The molecule has 0 fully saturated rings. The minimum atomic E-state index is -3.60. The molecule has 0 aromatic heterocycles. The normalized spacial score (nSPS) is 14.7. The van der Waals surface area contributed by atoms with Crippen LogP contribution in [0.15, 0.2) is 0 Å². The minimum Gasteiger partial charge on any atom is -0.330 e. The van der Waals surface area contributed by atoms with Gasteiger partial charge < -0.3 is 13.9 Å². The summed E-state index contributed by atoms with van der Waals surface area (Å²) in [6.45, 7) is 4.96. The molecule has 1 N–H and O–H groups in total. The van der Waals surface area contributed by atoms with Crippen molar-refractivity contribution in [2.24, 2.45) is 5.92 Å². The van der Waals surface area contributed by atoms with E-state index in [0.29, 0.717) is 23.9 Å². The lowest BCUT2D eigenvalue weighted by molar-refractivity contribution is -0.867. The van der Waals surface area contributed by atoms with Gasteiger partial charge in [-0.25, -0.2) is 0 Å². The lowest BCUT2D eigenvalue weighted by atomic mass is 9.95. The van der Waals surface area contributed by atoms with E-state index in [0.717, 1.165) is 12.8 Å². The molecule has 0 bridgehead atoms. The molecule has 0 aromatic carbocycles. The molecule has 0 aliphatic rings. The minimum absolute atomic E-state index is 0.0543. The van der Waals surface area contributed by atoms with Crippen LogP contribution in [0.4, 0.5) is 0 Å². The molecule has 210 valence electrons. The predicted octanol–water partition coefficient (Wildman–Crippen LogP) is 8.53. The Morgan fingerprint density at radius 2 is 1.20 bits per heavy atom. The van der Waals surface area contributed by atoms with Gasteiger partial charge in [0.25, 0.3) is 0 Å². The first-order valence-corrected chi connectivity index (χ1v) is 16.6. The second kappa shape index (κ2) is 21.8. The summed E-state index contributed by atoms with van der Waals surface area (Å²) >= 11 is 0. The summed E-state index contributed by atoms with van der Waals surface area (Å²) in [5.41, 5.74) is 0. The fourth-order valence-electron chi connectivity index (χ4n) is 4.40. The number of nitrogens with zero attached hydrogens (tertiary/aromatic N) is 1. The SMILES string of the molecule is CCCCCCCCCCCCCCCCCCC(COP(=O)(O)CC[N+](C)(C)C)CC(=O)CC. The second-order valence-corrected chi connectivity index (χ2v) is 13.7. The first kappa shape index (κ1) is 34.8. The fraction of sp³-hybridized carbons (Fsp3) is 0.966. The van der Waals surface area contributed by atoms with Crippen LogP contribution in [-0.2, 0) is 13.9 Å². The van der Waals surface area contributed by atoms with Crippen molar-refractivity contribution in [2.45, 2.75) is 136 Å². The molecule has 0 aliphatic carbocycles. The maximum absolute atomic E-state index is 12.4. The summed E-state index contributed by atoms with van der Waals surface area (Å²) in [4.78, 5) is 22.2. The molecule has 0 saturated heterocycles. The average molecular weight is 519 g/mol. The van der Waals surface area contributed by atoms with Crippen molar-refractivity contribution in [3.63, 3.8) is 0 Å². The smallest absolute Gasteiger partial charge is 0.330 e. The summed E-state index contributed by atoms with van der Waals surface area (Å²) in [5, 5.41) is 0. The zero-order valence-corrected chi connectivity index (χ0v) is 25.1. The van der Waals surface area contributed by atoms with Crippen LogP contribution in [0.1, 0.15) is 136 Å². The highest BCUT2D eigenvalue weighted by molar-refractivity contribution is 7.52. The van der Waals surface area contributed by atoms with Gasteiger partial charge in [-0.2, -0.15) is 0 Å². The van der Waals surface area contributed by atoms with E-state index in [1.807, 2.05) is 28.1 Å². The quantitative estimate of drug-likeness (QED) is 0.0708.